The highest BCUT2D eigenvalue weighted by molar-refractivity contribution is 7.47. The molecule has 108 valence electrons. The van der Waals surface area contributed by atoms with Crippen molar-refractivity contribution in [3.8, 4) is 0 Å². The van der Waals surface area contributed by atoms with Gasteiger partial charge < -0.3 is 10.4 Å². The molecule has 3 N–H and O–H groups in total. The average molecular weight is 296 g/mol. The van der Waals surface area contributed by atoms with Gasteiger partial charge in [-0.05, 0) is 11.1 Å². The summed E-state index contributed by atoms with van der Waals surface area (Å²) < 4.78 is 21.5. The highest BCUT2D eigenvalue weighted by atomic mass is 31.2. The summed E-state index contributed by atoms with van der Waals surface area (Å²) in [5, 5.41) is 0. The summed E-state index contributed by atoms with van der Waals surface area (Å²) in [5.41, 5.74) is 1.64. The van der Waals surface area contributed by atoms with Crippen LogP contribution in [0.2, 0.25) is 0 Å². The molecule has 0 saturated carbocycles. The van der Waals surface area contributed by atoms with E-state index < -0.39 is 7.82 Å². The quantitative estimate of drug-likeness (QED) is 0.830. The average Bonchev–Trinajstić information content (AvgIpc) is 2.46. The molecular formula is C14H17O5P. The molecule has 2 aromatic carbocycles. The van der Waals surface area contributed by atoms with Crippen LogP contribution in [-0.4, -0.2) is 10.4 Å². The van der Waals surface area contributed by atoms with E-state index in [1.54, 1.807) is 0 Å². The van der Waals surface area contributed by atoms with Crippen LogP contribution in [0.25, 0.3) is 0 Å². The Kier molecular flexibility index (Phi) is 6.58. The van der Waals surface area contributed by atoms with Gasteiger partial charge in [-0.1, -0.05) is 60.7 Å². The summed E-state index contributed by atoms with van der Waals surface area (Å²) in [5.74, 6) is 0. The number of rotatable bonds is 6. The second-order valence-corrected chi connectivity index (χ2v) is 5.44. The maximum atomic E-state index is 11.7. The molecule has 0 heterocycles. The summed E-state index contributed by atoms with van der Waals surface area (Å²) in [4.78, 5) is 9.55. The summed E-state index contributed by atoms with van der Waals surface area (Å²) in [6.07, 6.45) is 0. The molecular weight excluding hydrogens is 279 g/mol. The van der Waals surface area contributed by atoms with Crippen LogP contribution >= 0.6 is 7.82 Å². The first kappa shape index (κ1) is 16.6. The Morgan fingerprint density at radius 2 is 1.15 bits per heavy atom. The number of phosphoric acid groups is 1. The summed E-state index contributed by atoms with van der Waals surface area (Å²) in [7, 11) is -4.02. The van der Waals surface area contributed by atoms with Gasteiger partial charge >= 0.3 is 7.82 Å². The van der Waals surface area contributed by atoms with Gasteiger partial charge in [0.1, 0.15) is 0 Å². The van der Waals surface area contributed by atoms with E-state index in [0.717, 1.165) is 11.1 Å². The molecule has 2 aromatic rings. The van der Waals surface area contributed by atoms with Gasteiger partial charge in [-0.25, -0.2) is 4.57 Å². The fourth-order valence-corrected chi connectivity index (χ4v) is 2.20. The molecule has 20 heavy (non-hydrogen) atoms. The van der Waals surface area contributed by atoms with E-state index in [1.165, 1.54) is 0 Å². The van der Waals surface area contributed by atoms with Gasteiger partial charge in [0.05, 0.1) is 13.2 Å². The van der Waals surface area contributed by atoms with Crippen molar-refractivity contribution in [1.29, 1.82) is 0 Å². The Hall–Kier alpha value is -1.49. The minimum absolute atomic E-state index is 0. The molecule has 0 spiro atoms. The third-order valence-corrected chi connectivity index (χ3v) is 3.39. The number of hydrogen-bond acceptors (Lipinski definition) is 3. The van der Waals surface area contributed by atoms with Crippen molar-refractivity contribution in [2.24, 2.45) is 0 Å². The normalized spacial score (nSPS) is 10.8. The fraction of sp³-hybridized carbons (Fsp3) is 0.143. The van der Waals surface area contributed by atoms with E-state index >= 15 is 0 Å². The van der Waals surface area contributed by atoms with Gasteiger partial charge in [-0.3, -0.25) is 9.05 Å². The second kappa shape index (κ2) is 7.94. The lowest BCUT2D eigenvalue weighted by atomic mass is 10.2. The third kappa shape index (κ3) is 5.65. The lowest BCUT2D eigenvalue weighted by Gasteiger charge is -2.12. The van der Waals surface area contributed by atoms with E-state index in [2.05, 4.69) is 0 Å². The van der Waals surface area contributed by atoms with Crippen molar-refractivity contribution in [2.45, 2.75) is 13.2 Å². The Balaban J connectivity index is 0.00000200. The fourth-order valence-electron chi connectivity index (χ4n) is 1.50. The van der Waals surface area contributed by atoms with Crippen LogP contribution in [-0.2, 0) is 26.8 Å². The summed E-state index contributed by atoms with van der Waals surface area (Å²) in [6.45, 7) is 0.0901. The van der Waals surface area contributed by atoms with E-state index in [4.69, 9.17) is 9.05 Å². The summed E-state index contributed by atoms with van der Waals surface area (Å²) in [6, 6.07) is 18.4. The van der Waals surface area contributed by atoms with E-state index in [0.29, 0.717) is 0 Å². The van der Waals surface area contributed by atoms with Crippen molar-refractivity contribution >= 4 is 7.82 Å². The van der Waals surface area contributed by atoms with Crippen molar-refractivity contribution < 1.29 is 24.0 Å². The Morgan fingerprint density at radius 3 is 1.50 bits per heavy atom. The molecule has 0 amide bonds. The Labute approximate surface area is 117 Å². The highest BCUT2D eigenvalue weighted by Crippen LogP contribution is 2.44. The smallest absolute Gasteiger partial charge is 0.412 e. The molecule has 5 nitrogen and oxygen atoms in total. The molecule has 0 fully saturated rings. The Bertz CT molecular complexity index is 497. The number of hydrogen-bond donors (Lipinski definition) is 1. The van der Waals surface area contributed by atoms with Crippen LogP contribution in [0.5, 0.6) is 0 Å². The van der Waals surface area contributed by atoms with E-state index in [9.17, 15) is 9.46 Å². The van der Waals surface area contributed by atoms with Crippen LogP contribution in [0.3, 0.4) is 0 Å². The third-order valence-electron chi connectivity index (χ3n) is 2.47. The predicted molar refractivity (Wildman–Crippen MR) is 75.9 cm³/mol. The molecule has 0 aliphatic heterocycles. The topological polar surface area (TPSA) is 87.3 Å². The lowest BCUT2D eigenvalue weighted by Crippen LogP contribution is -1.96. The first-order valence-electron chi connectivity index (χ1n) is 5.85. The molecule has 2 rings (SSSR count). The molecule has 0 radical (unpaired) electrons. The van der Waals surface area contributed by atoms with Gasteiger partial charge in [0.2, 0.25) is 0 Å². The van der Waals surface area contributed by atoms with Crippen LogP contribution in [0, 0.1) is 0 Å². The molecule has 0 atom stereocenters. The van der Waals surface area contributed by atoms with Crippen LogP contribution < -0.4 is 0 Å². The first-order chi connectivity index (χ1) is 9.16. The van der Waals surface area contributed by atoms with Gasteiger partial charge in [0, 0.05) is 0 Å². The standard InChI is InChI=1S/C14H15O4P.H2O/c15-19(16,17-11-13-7-3-1-4-8-13)18-12-14-9-5-2-6-10-14;/h1-10H,11-12H2,(H,15,16);1H2. The van der Waals surface area contributed by atoms with Gasteiger partial charge in [-0.2, -0.15) is 0 Å². The predicted octanol–water partition coefficient (Wildman–Crippen LogP) is 2.70. The first-order valence-corrected chi connectivity index (χ1v) is 7.35. The molecule has 0 unspecified atom stereocenters. The van der Waals surface area contributed by atoms with Crippen LogP contribution in [0.1, 0.15) is 11.1 Å². The minimum Gasteiger partial charge on any atom is -0.412 e. The molecule has 0 aliphatic rings. The zero-order valence-corrected chi connectivity index (χ0v) is 11.7. The SMILES string of the molecule is O.O=P(O)(OCc1ccccc1)OCc1ccccc1. The van der Waals surface area contributed by atoms with Crippen molar-refractivity contribution in [2.75, 3.05) is 0 Å². The number of benzene rings is 2. The van der Waals surface area contributed by atoms with Gasteiger partial charge in [0.25, 0.3) is 0 Å². The monoisotopic (exact) mass is 296 g/mol. The molecule has 0 aliphatic carbocycles. The van der Waals surface area contributed by atoms with E-state index in [1.807, 2.05) is 60.7 Å². The second-order valence-electron chi connectivity index (χ2n) is 3.99. The van der Waals surface area contributed by atoms with Crippen LogP contribution in [0.15, 0.2) is 60.7 Å². The van der Waals surface area contributed by atoms with Gasteiger partial charge in [0.15, 0.2) is 0 Å². The Morgan fingerprint density at radius 1 is 0.800 bits per heavy atom. The highest BCUT2D eigenvalue weighted by Gasteiger charge is 2.20. The largest absolute Gasteiger partial charge is 0.472 e. The zero-order valence-electron chi connectivity index (χ0n) is 10.8. The maximum Gasteiger partial charge on any atom is 0.472 e. The molecule has 0 saturated heterocycles. The van der Waals surface area contributed by atoms with Crippen molar-refractivity contribution in [3.05, 3.63) is 71.8 Å². The zero-order chi connectivity index (χ0) is 13.6. The number of phosphoric ester groups is 1. The van der Waals surface area contributed by atoms with Crippen molar-refractivity contribution in [3.63, 3.8) is 0 Å². The molecule has 0 aromatic heterocycles. The maximum absolute atomic E-state index is 11.7. The van der Waals surface area contributed by atoms with Gasteiger partial charge in [-0.15, -0.1) is 0 Å². The molecule has 6 heteroatoms. The van der Waals surface area contributed by atoms with Crippen molar-refractivity contribution in [1.82, 2.24) is 0 Å². The van der Waals surface area contributed by atoms with Crippen LogP contribution in [0.4, 0.5) is 0 Å². The molecule has 0 bridgehead atoms. The lowest BCUT2D eigenvalue weighted by molar-refractivity contribution is 0.137. The van der Waals surface area contributed by atoms with E-state index in [-0.39, 0.29) is 18.7 Å². The summed E-state index contributed by atoms with van der Waals surface area (Å²) >= 11 is 0. The minimum atomic E-state index is -4.02.